The van der Waals surface area contributed by atoms with E-state index < -0.39 is 18.3 Å². The highest BCUT2D eigenvalue weighted by Gasteiger charge is 2.47. The zero-order valence-electron chi connectivity index (χ0n) is 18.0. The molecule has 174 valence electrons. The molecule has 0 spiro atoms. The molecule has 0 saturated carbocycles. The van der Waals surface area contributed by atoms with Gasteiger partial charge in [0.25, 0.3) is 0 Å². The predicted molar refractivity (Wildman–Crippen MR) is 115 cm³/mol. The second-order valence-corrected chi connectivity index (χ2v) is 8.07. The first-order valence-electron chi connectivity index (χ1n) is 10.4. The lowest BCUT2D eigenvalue weighted by Gasteiger charge is -2.34. The van der Waals surface area contributed by atoms with Crippen LogP contribution in [-0.4, -0.2) is 52.4 Å². The SMILES string of the molecule is COc1ccc([C@@H]2C[C@@H](C(F)(F)F)n3ncc(-c4nc5c6cnn(C)c6ncn5n4)c3N2)cc1. The molecule has 0 radical (unpaired) electrons. The second-order valence-electron chi connectivity index (χ2n) is 8.07. The fourth-order valence-corrected chi connectivity index (χ4v) is 4.33. The Bertz CT molecular complexity index is 1520. The molecule has 0 unspecified atom stereocenters. The number of anilines is 1. The van der Waals surface area contributed by atoms with Gasteiger partial charge in [-0.3, -0.25) is 4.68 Å². The molecule has 6 rings (SSSR count). The van der Waals surface area contributed by atoms with Crippen molar-refractivity contribution >= 4 is 22.5 Å². The molecule has 5 aromatic rings. The van der Waals surface area contributed by atoms with E-state index in [0.717, 1.165) is 4.68 Å². The molecule has 34 heavy (non-hydrogen) atoms. The molecule has 5 heterocycles. The number of rotatable bonds is 3. The van der Waals surface area contributed by atoms with Crippen molar-refractivity contribution in [3.05, 3.63) is 48.5 Å². The van der Waals surface area contributed by atoms with Crippen LogP contribution in [-0.2, 0) is 7.05 Å². The summed E-state index contributed by atoms with van der Waals surface area (Å²) in [6, 6.07) is 4.56. The average molecular weight is 469 g/mol. The van der Waals surface area contributed by atoms with E-state index >= 15 is 0 Å². The van der Waals surface area contributed by atoms with Gasteiger partial charge < -0.3 is 10.1 Å². The molecule has 1 aliphatic rings. The van der Waals surface area contributed by atoms with Crippen LogP contribution in [0.5, 0.6) is 5.75 Å². The summed E-state index contributed by atoms with van der Waals surface area (Å²) in [5.74, 6) is 1.07. The highest BCUT2D eigenvalue weighted by molar-refractivity contribution is 5.89. The number of alkyl halides is 3. The van der Waals surface area contributed by atoms with E-state index in [1.54, 1.807) is 42.2 Å². The van der Waals surface area contributed by atoms with Gasteiger partial charge in [-0.25, -0.2) is 19.2 Å². The van der Waals surface area contributed by atoms with Crippen molar-refractivity contribution in [3.8, 4) is 17.1 Å². The lowest BCUT2D eigenvalue weighted by molar-refractivity contribution is -0.173. The third kappa shape index (κ3) is 3.07. The van der Waals surface area contributed by atoms with E-state index in [2.05, 4.69) is 30.6 Å². The molecule has 0 fully saturated rings. The summed E-state index contributed by atoms with van der Waals surface area (Å²) in [6.45, 7) is 0. The van der Waals surface area contributed by atoms with Crippen LogP contribution in [0.3, 0.4) is 0 Å². The number of methoxy groups -OCH3 is 1. The van der Waals surface area contributed by atoms with E-state index in [1.807, 2.05) is 0 Å². The fraction of sp³-hybridized carbons (Fsp3) is 0.286. The fourth-order valence-electron chi connectivity index (χ4n) is 4.33. The minimum Gasteiger partial charge on any atom is -0.497 e. The molecule has 1 N–H and O–H groups in total. The van der Waals surface area contributed by atoms with Gasteiger partial charge in [0.1, 0.15) is 17.9 Å². The molecule has 0 amide bonds. The van der Waals surface area contributed by atoms with Crippen molar-refractivity contribution in [1.82, 2.24) is 39.1 Å². The number of halogens is 3. The Morgan fingerprint density at radius 3 is 2.62 bits per heavy atom. The van der Waals surface area contributed by atoms with Gasteiger partial charge in [0.05, 0.1) is 36.5 Å². The van der Waals surface area contributed by atoms with E-state index in [0.29, 0.717) is 33.6 Å². The molecule has 0 saturated heterocycles. The second kappa shape index (κ2) is 7.17. The van der Waals surface area contributed by atoms with E-state index in [1.165, 1.54) is 24.1 Å². The quantitative estimate of drug-likeness (QED) is 0.431. The van der Waals surface area contributed by atoms with Gasteiger partial charge in [-0.1, -0.05) is 12.1 Å². The molecule has 4 aromatic heterocycles. The molecule has 1 aliphatic heterocycles. The Morgan fingerprint density at radius 2 is 1.88 bits per heavy atom. The predicted octanol–water partition coefficient (Wildman–Crippen LogP) is 3.54. The van der Waals surface area contributed by atoms with Gasteiger partial charge in [-0.15, -0.1) is 5.10 Å². The molecule has 1 aromatic carbocycles. The summed E-state index contributed by atoms with van der Waals surface area (Å²) in [5.41, 5.74) is 2.20. The number of hydrogen-bond donors (Lipinski definition) is 1. The Labute approximate surface area is 190 Å². The van der Waals surface area contributed by atoms with Crippen LogP contribution in [0.4, 0.5) is 19.0 Å². The van der Waals surface area contributed by atoms with Gasteiger partial charge in [-0.05, 0) is 17.7 Å². The van der Waals surface area contributed by atoms with Gasteiger partial charge in [0, 0.05) is 13.5 Å². The lowest BCUT2D eigenvalue weighted by Crippen LogP contribution is -2.35. The summed E-state index contributed by atoms with van der Waals surface area (Å²) in [6.07, 6.45) is -0.203. The largest absolute Gasteiger partial charge is 0.497 e. The summed E-state index contributed by atoms with van der Waals surface area (Å²) < 4.78 is 51.3. The lowest BCUT2D eigenvalue weighted by atomic mass is 9.96. The van der Waals surface area contributed by atoms with Gasteiger partial charge in [0.15, 0.2) is 23.2 Å². The number of fused-ring (bicyclic) bond motifs is 4. The Balaban J connectivity index is 1.46. The summed E-state index contributed by atoms with van der Waals surface area (Å²) >= 11 is 0. The third-order valence-electron chi connectivity index (χ3n) is 6.07. The number of nitrogens with one attached hydrogen (secondary N) is 1. The first-order chi connectivity index (χ1) is 16.3. The van der Waals surface area contributed by atoms with Crippen molar-refractivity contribution in [2.45, 2.75) is 24.7 Å². The van der Waals surface area contributed by atoms with Crippen LogP contribution < -0.4 is 10.1 Å². The van der Waals surface area contributed by atoms with Gasteiger partial charge in [0.2, 0.25) is 0 Å². The van der Waals surface area contributed by atoms with Crippen molar-refractivity contribution in [2.24, 2.45) is 7.05 Å². The van der Waals surface area contributed by atoms with Crippen LogP contribution in [0.1, 0.15) is 24.1 Å². The van der Waals surface area contributed by atoms with Crippen LogP contribution in [0.15, 0.2) is 43.0 Å². The van der Waals surface area contributed by atoms with E-state index in [-0.39, 0.29) is 18.1 Å². The third-order valence-corrected chi connectivity index (χ3v) is 6.07. The van der Waals surface area contributed by atoms with E-state index in [9.17, 15) is 13.2 Å². The zero-order valence-corrected chi connectivity index (χ0v) is 18.0. The molecule has 0 bridgehead atoms. The smallest absolute Gasteiger partial charge is 0.410 e. The summed E-state index contributed by atoms with van der Waals surface area (Å²) in [4.78, 5) is 8.91. The van der Waals surface area contributed by atoms with Crippen LogP contribution in [0.2, 0.25) is 0 Å². The molecular formula is C21H18F3N9O. The van der Waals surface area contributed by atoms with Gasteiger partial charge >= 0.3 is 6.18 Å². The monoisotopic (exact) mass is 469 g/mol. The number of aryl methyl sites for hydroxylation is 1. The minimum atomic E-state index is -4.48. The summed E-state index contributed by atoms with van der Waals surface area (Å²) in [5, 5.41) is 16.6. The van der Waals surface area contributed by atoms with Crippen LogP contribution in [0, 0.1) is 0 Å². The van der Waals surface area contributed by atoms with Crippen LogP contribution >= 0.6 is 0 Å². The maximum absolute atomic E-state index is 14.0. The molecule has 0 aliphatic carbocycles. The topological polar surface area (TPSA) is 100.0 Å². The van der Waals surface area contributed by atoms with Crippen molar-refractivity contribution in [2.75, 3.05) is 12.4 Å². The number of aromatic nitrogens is 8. The first-order valence-corrected chi connectivity index (χ1v) is 10.4. The molecular weight excluding hydrogens is 451 g/mol. The molecule has 10 nitrogen and oxygen atoms in total. The van der Waals surface area contributed by atoms with Gasteiger partial charge in [-0.2, -0.15) is 23.4 Å². The Morgan fingerprint density at radius 1 is 1.09 bits per heavy atom. The Kier molecular flexibility index (Phi) is 4.31. The Hall–Kier alpha value is -4.16. The van der Waals surface area contributed by atoms with Crippen molar-refractivity contribution in [1.29, 1.82) is 0 Å². The standard InChI is InChI=1S/C21H18F3N9O/c1-31-18-14(9-26-31)19-29-17(30-32(19)10-25-18)13-8-27-33-16(21(22,23)24)7-15(28-20(13)33)11-3-5-12(34-2)6-4-11/h3-6,8-10,15-16,28H,7H2,1-2H3/t15-,16-/m0/s1. The first kappa shape index (κ1) is 20.4. The maximum atomic E-state index is 14.0. The maximum Gasteiger partial charge on any atom is 0.410 e. The molecule has 2 atom stereocenters. The normalized spacial score (nSPS) is 18.3. The van der Waals surface area contributed by atoms with Crippen molar-refractivity contribution < 1.29 is 17.9 Å². The zero-order chi connectivity index (χ0) is 23.6. The van der Waals surface area contributed by atoms with Crippen LogP contribution in [0.25, 0.3) is 28.1 Å². The number of nitrogens with zero attached hydrogens (tertiary/aromatic N) is 8. The number of ether oxygens (including phenoxy) is 1. The average Bonchev–Trinajstić information content (AvgIpc) is 3.53. The van der Waals surface area contributed by atoms with E-state index in [4.69, 9.17) is 4.74 Å². The minimum absolute atomic E-state index is 0.206. The number of benzene rings is 1. The summed E-state index contributed by atoms with van der Waals surface area (Å²) in [7, 11) is 3.30. The number of hydrogen-bond acceptors (Lipinski definition) is 7. The highest BCUT2D eigenvalue weighted by atomic mass is 19.4. The van der Waals surface area contributed by atoms with Crippen molar-refractivity contribution in [3.63, 3.8) is 0 Å². The highest BCUT2D eigenvalue weighted by Crippen LogP contribution is 2.46. The molecule has 13 heteroatoms.